The summed E-state index contributed by atoms with van der Waals surface area (Å²) in [4.78, 5) is 30.7. The average molecular weight is 472 g/mol. The fourth-order valence-electron chi connectivity index (χ4n) is 5.71. The van der Waals surface area contributed by atoms with Gasteiger partial charge < -0.3 is 14.9 Å². The van der Waals surface area contributed by atoms with Gasteiger partial charge in [0.25, 0.3) is 0 Å². The zero-order valence-corrected chi connectivity index (χ0v) is 19.5. The zero-order valence-electron chi connectivity index (χ0n) is 18.7. The summed E-state index contributed by atoms with van der Waals surface area (Å²) in [7, 11) is 0. The average Bonchev–Trinajstić information content (AvgIpc) is 3.56. The summed E-state index contributed by atoms with van der Waals surface area (Å²) in [5.41, 5.74) is 2.46. The molecule has 3 saturated heterocycles. The molecule has 33 heavy (non-hydrogen) atoms. The molecule has 5 rings (SSSR count). The SMILES string of the molecule is O=C(O)c1ccn(C(=O)N2CCC3(CCCN3Cc3cc(Cl)cc(N4CCCC4)c3)CC2)n1. The van der Waals surface area contributed by atoms with Gasteiger partial charge in [-0.1, -0.05) is 11.6 Å². The van der Waals surface area contributed by atoms with Gasteiger partial charge in [-0.05, 0) is 74.9 Å². The second-order valence-corrected chi connectivity index (χ2v) is 9.92. The minimum Gasteiger partial charge on any atom is -0.476 e. The Morgan fingerprint density at radius 2 is 1.76 bits per heavy atom. The number of rotatable bonds is 4. The second-order valence-electron chi connectivity index (χ2n) is 9.48. The lowest BCUT2D eigenvalue weighted by molar-refractivity contribution is 0.0584. The topological polar surface area (TPSA) is 81.9 Å². The predicted octanol–water partition coefficient (Wildman–Crippen LogP) is 3.93. The molecular formula is C24H30ClN5O3. The number of carbonyl (C=O) groups is 2. The molecule has 1 aromatic carbocycles. The Bertz CT molecular complexity index is 1040. The number of aromatic nitrogens is 2. The Labute approximate surface area is 198 Å². The minimum absolute atomic E-state index is 0.100. The summed E-state index contributed by atoms with van der Waals surface area (Å²) < 4.78 is 1.14. The summed E-state index contributed by atoms with van der Waals surface area (Å²) >= 11 is 6.49. The fourth-order valence-corrected chi connectivity index (χ4v) is 5.97. The number of carboxylic acids is 1. The molecule has 4 heterocycles. The second kappa shape index (κ2) is 8.99. The maximum absolute atomic E-state index is 12.8. The van der Waals surface area contributed by atoms with Crippen molar-refractivity contribution in [3.8, 4) is 0 Å². The van der Waals surface area contributed by atoms with E-state index < -0.39 is 5.97 Å². The van der Waals surface area contributed by atoms with Crippen molar-refractivity contribution < 1.29 is 14.7 Å². The number of likely N-dealkylation sites (tertiary alicyclic amines) is 2. The van der Waals surface area contributed by atoms with Crippen LogP contribution in [0.5, 0.6) is 0 Å². The van der Waals surface area contributed by atoms with Crippen LogP contribution in [0.15, 0.2) is 30.5 Å². The van der Waals surface area contributed by atoms with Crippen LogP contribution in [0.4, 0.5) is 10.5 Å². The quantitative estimate of drug-likeness (QED) is 0.727. The molecule has 1 aromatic heterocycles. The van der Waals surface area contributed by atoms with Crippen molar-refractivity contribution in [3.05, 3.63) is 46.7 Å². The van der Waals surface area contributed by atoms with Gasteiger partial charge in [0.15, 0.2) is 5.69 Å². The lowest BCUT2D eigenvalue weighted by atomic mass is 9.85. The van der Waals surface area contributed by atoms with E-state index in [1.165, 1.54) is 36.4 Å². The van der Waals surface area contributed by atoms with Crippen LogP contribution in [0.25, 0.3) is 0 Å². The van der Waals surface area contributed by atoms with Gasteiger partial charge in [0.2, 0.25) is 0 Å². The first-order valence-corrected chi connectivity index (χ1v) is 12.2. The van der Waals surface area contributed by atoms with E-state index in [4.69, 9.17) is 16.7 Å². The van der Waals surface area contributed by atoms with Crippen molar-refractivity contribution in [3.63, 3.8) is 0 Å². The molecule has 8 nitrogen and oxygen atoms in total. The fraction of sp³-hybridized carbons (Fsp3) is 0.542. The minimum atomic E-state index is -1.13. The molecule has 3 fully saturated rings. The van der Waals surface area contributed by atoms with Crippen molar-refractivity contribution in [2.24, 2.45) is 0 Å². The molecule has 9 heteroatoms. The van der Waals surface area contributed by atoms with Gasteiger partial charge in [-0.3, -0.25) is 4.90 Å². The molecule has 0 radical (unpaired) electrons. The first-order chi connectivity index (χ1) is 15.9. The molecule has 0 unspecified atom stereocenters. The first kappa shape index (κ1) is 22.2. The van der Waals surface area contributed by atoms with Gasteiger partial charge >= 0.3 is 12.0 Å². The van der Waals surface area contributed by atoms with Crippen molar-refractivity contribution in [2.45, 2.75) is 50.6 Å². The number of aromatic carboxylic acids is 1. The molecule has 0 atom stereocenters. The summed E-state index contributed by atoms with van der Waals surface area (Å²) in [6, 6.07) is 7.55. The standard InChI is InChI=1S/C24H30ClN5O3/c25-19-14-18(15-20(16-19)27-8-1-2-9-27)17-29-10-3-5-24(29)6-12-28(13-7-24)23(33)30-11-4-21(26-30)22(31)32/h4,11,14-16H,1-3,5-10,12-13,17H2,(H,31,32). The Morgan fingerprint density at radius 1 is 1.00 bits per heavy atom. The third-order valence-electron chi connectivity index (χ3n) is 7.50. The van der Waals surface area contributed by atoms with Crippen LogP contribution in [-0.4, -0.2) is 74.9 Å². The monoisotopic (exact) mass is 471 g/mol. The Balaban J connectivity index is 1.25. The maximum atomic E-state index is 12.8. The van der Waals surface area contributed by atoms with E-state index in [0.29, 0.717) is 13.1 Å². The number of hydrogen-bond acceptors (Lipinski definition) is 5. The molecule has 0 saturated carbocycles. The third kappa shape index (κ3) is 4.46. The van der Waals surface area contributed by atoms with E-state index in [-0.39, 0.29) is 17.3 Å². The van der Waals surface area contributed by atoms with Gasteiger partial charge in [0.1, 0.15) is 0 Å². The molecular weight excluding hydrogens is 442 g/mol. The number of piperidine rings is 1. The highest BCUT2D eigenvalue weighted by molar-refractivity contribution is 6.30. The summed E-state index contributed by atoms with van der Waals surface area (Å²) in [5, 5.41) is 13.7. The number of carboxylic acid groups (broad SMARTS) is 1. The van der Waals surface area contributed by atoms with Crippen LogP contribution in [-0.2, 0) is 6.54 Å². The van der Waals surface area contributed by atoms with E-state index in [9.17, 15) is 9.59 Å². The predicted molar refractivity (Wildman–Crippen MR) is 126 cm³/mol. The molecule has 3 aliphatic rings. The van der Waals surface area contributed by atoms with Crippen molar-refractivity contribution >= 4 is 29.3 Å². The molecule has 1 spiro atoms. The number of hydrogen-bond donors (Lipinski definition) is 1. The zero-order chi connectivity index (χ0) is 23.0. The molecule has 0 bridgehead atoms. The molecule has 3 aliphatic heterocycles. The number of benzene rings is 1. The number of halogens is 1. The van der Waals surface area contributed by atoms with Crippen molar-refractivity contribution in [1.82, 2.24) is 19.6 Å². The largest absolute Gasteiger partial charge is 0.476 e. The summed E-state index contributed by atoms with van der Waals surface area (Å²) in [5.74, 6) is -1.13. The third-order valence-corrected chi connectivity index (χ3v) is 7.72. The Kier molecular flexibility index (Phi) is 6.05. The summed E-state index contributed by atoms with van der Waals surface area (Å²) in [6.45, 7) is 5.42. The lowest BCUT2D eigenvalue weighted by Crippen LogP contribution is -2.53. The Hall–Kier alpha value is -2.58. The van der Waals surface area contributed by atoms with Gasteiger partial charge in [-0.15, -0.1) is 0 Å². The molecule has 1 amide bonds. The first-order valence-electron chi connectivity index (χ1n) is 11.8. The Morgan fingerprint density at radius 3 is 2.45 bits per heavy atom. The van der Waals surface area contributed by atoms with Crippen molar-refractivity contribution in [1.29, 1.82) is 0 Å². The van der Waals surface area contributed by atoms with Crippen LogP contribution >= 0.6 is 11.6 Å². The highest BCUT2D eigenvalue weighted by atomic mass is 35.5. The smallest absolute Gasteiger partial charge is 0.356 e. The number of nitrogens with zero attached hydrogens (tertiary/aromatic N) is 5. The highest BCUT2D eigenvalue weighted by Crippen LogP contribution is 2.40. The van der Waals surface area contributed by atoms with Gasteiger partial charge in [0, 0.05) is 55.2 Å². The van der Waals surface area contributed by atoms with Crippen LogP contribution in [0.3, 0.4) is 0 Å². The van der Waals surface area contributed by atoms with Crippen LogP contribution in [0, 0.1) is 0 Å². The van der Waals surface area contributed by atoms with Gasteiger partial charge in [0.05, 0.1) is 0 Å². The lowest BCUT2D eigenvalue weighted by Gasteiger charge is -2.45. The van der Waals surface area contributed by atoms with Gasteiger partial charge in [-0.25, -0.2) is 9.59 Å². The molecule has 2 aromatic rings. The maximum Gasteiger partial charge on any atom is 0.356 e. The number of amides is 1. The molecule has 176 valence electrons. The van der Waals surface area contributed by atoms with E-state index in [1.807, 2.05) is 0 Å². The van der Waals surface area contributed by atoms with E-state index >= 15 is 0 Å². The van der Waals surface area contributed by atoms with E-state index in [0.717, 1.165) is 61.6 Å². The van der Waals surface area contributed by atoms with Gasteiger partial charge in [-0.2, -0.15) is 9.78 Å². The molecule has 0 aliphatic carbocycles. The van der Waals surface area contributed by atoms with Crippen molar-refractivity contribution in [2.75, 3.05) is 37.6 Å². The normalized spacial score (nSPS) is 20.6. The van der Waals surface area contributed by atoms with Crippen LogP contribution in [0.2, 0.25) is 5.02 Å². The highest BCUT2D eigenvalue weighted by Gasteiger charge is 2.44. The van der Waals surface area contributed by atoms with E-state index in [2.05, 4.69) is 33.1 Å². The summed E-state index contributed by atoms with van der Waals surface area (Å²) in [6.07, 6.45) is 8.02. The van der Waals surface area contributed by atoms with Crippen LogP contribution < -0.4 is 4.90 Å². The van der Waals surface area contributed by atoms with Crippen LogP contribution in [0.1, 0.15) is 54.6 Å². The number of anilines is 1. The number of carbonyl (C=O) groups excluding carboxylic acids is 1. The molecule has 1 N–H and O–H groups in total. The van der Waals surface area contributed by atoms with E-state index in [1.54, 1.807) is 4.90 Å².